The number of rotatable bonds is 17. The summed E-state index contributed by atoms with van der Waals surface area (Å²) >= 11 is 0. The fourth-order valence-corrected chi connectivity index (χ4v) is 7.69. The zero-order valence-electron chi connectivity index (χ0n) is 33.1. The summed E-state index contributed by atoms with van der Waals surface area (Å²) in [6.07, 6.45) is -9.42. The smallest absolute Gasteiger partial charge is 0.187 e. The Morgan fingerprint density at radius 3 is 1.56 bits per heavy atom. The molecule has 1 N–H and O–H groups in total. The third-order valence-corrected chi connectivity index (χ3v) is 10.7. The van der Waals surface area contributed by atoms with Gasteiger partial charge in [0.25, 0.3) is 0 Å². The van der Waals surface area contributed by atoms with E-state index in [1.807, 2.05) is 152 Å². The number of ether oxygens (including phenoxy) is 10. The Bertz CT molecular complexity index is 1940. The van der Waals surface area contributed by atoms with Gasteiger partial charge in [-0.05, 0) is 22.3 Å². The largest absolute Gasteiger partial charge is 0.387 e. The molecule has 0 aliphatic carbocycles. The average molecular weight is 805 g/mol. The van der Waals surface area contributed by atoms with Gasteiger partial charge in [-0.15, -0.1) is 0 Å². The molecule has 5 aromatic carbocycles. The van der Waals surface area contributed by atoms with Crippen LogP contribution in [0.5, 0.6) is 0 Å². The van der Waals surface area contributed by atoms with Gasteiger partial charge in [0.05, 0.1) is 39.6 Å². The zero-order valence-corrected chi connectivity index (χ0v) is 33.1. The molecule has 0 radical (unpaired) electrons. The van der Waals surface area contributed by atoms with Crippen LogP contribution in [0.15, 0.2) is 152 Å². The first-order valence-electron chi connectivity index (χ1n) is 20.2. The van der Waals surface area contributed by atoms with Crippen LogP contribution in [0.2, 0.25) is 0 Å². The van der Waals surface area contributed by atoms with E-state index in [0.717, 1.165) is 27.8 Å². The van der Waals surface area contributed by atoms with Crippen LogP contribution in [0.3, 0.4) is 0 Å². The molecule has 11 heteroatoms. The lowest BCUT2D eigenvalue weighted by Crippen LogP contribution is -2.66. The predicted octanol–water partition coefficient (Wildman–Crippen LogP) is 6.92. The number of aliphatic hydroxyl groups excluding tert-OH is 1. The summed E-state index contributed by atoms with van der Waals surface area (Å²) in [5, 5.41) is 12.1. The van der Waals surface area contributed by atoms with Gasteiger partial charge >= 0.3 is 0 Å². The molecule has 0 saturated carbocycles. The fraction of sp³-hybridized carbons (Fsp3) is 0.375. The molecule has 3 aliphatic rings. The number of aliphatic hydroxyl groups is 1. The molecule has 3 saturated heterocycles. The highest BCUT2D eigenvalue weighted by atomic mass is 16.8. The maximum atomic E-state index is 12.1. The summed E-state index contributed by atoms with van der Waals surface area (Å²) in [7, 11) is 1.51. The van der Waals surface area contributed by atoms with Crippen molar-refractivity contribution in [2.75, 3.05) is 20.3 Å². The Morgan fingerprint density at radius 2 is 1.02 bits per heavy atom. The molecule has 11 nitrogen and oxygen atoms in total. The maximum Gasteiger partial charge on any atom is 0.187 e. The highest BCUT2D eigenvalue weighted by molar-refractivity contribution is 5.18. The summed E-state index contributed by atoms with van der Waals surface area (Å²) in [4.78, 5) is 0. The van der Waals surface area contributed by atoms with Gasteiger partial charge in [-0.25, -0.2) is 0 Å². The minimum Gasteiger partial charge on any atom is -0.387 e. The summed E-state index contributed by atoms with van der Waals surface area (Å²) in [5.41, 5.74) is 4.76. The molecule has 11 atom stereocenters. The molecule has 310 valence electrons. The molecule has 3 fully saturated rings. The topological polar surface area (TPSA) is 113 Å². The van der Waals surface area contributed by atoms with Gasteiger partial charge in [0.2, 0.25) is 0 Å². The van der Waals surface area contributed by atoms with E-state index in [9.17, 15) is 5.11 Å². The zero-order chi connectivity index (χ0) is 40.2. The molecule has 8 rings (SSSR count). The van der Waals surface area contributed by atoms with E-state index >= 15 is 0 Å². The summed E-state index contributed by atoms with van der Waals surface area (Å²) in [5.74, 6) is 0. The van der Waals surface area contributed by atoms with Gasteiger partial charge in [-0.2, -0.15) is 0 Å². The van der Waals surface area contributed by atoms with Crippen LogP contribution in [0.25, 0.3) is 0 Å². The second kappa shape index (κ2) is 20.8. The molecule has 0 aromatic heterocycles. The van der Waals surface area contributed by atoms with Gasteiger partial charge in [-0.1, -0.05) is 152 Å². The Hall–Kier alpha value is -4.34. The highest BCUT2D eigenvalue weighted by Crippen LogP contribution is 2.38. The van der Waals surface area contributed by atoms with Crippen molar-refractivity contribution < 1.29 is 52.5 Å². The molecule has 5 aromatic rings. The molecule has 0 spiro atoms. The quantitative estimate of drug-likeness (QED) is 0.106. The van der Waals surface area contributed by atoms with Gasteiger partial charge in [-0.3, -0.25) is 0 Å². The molecule has 0 bridgehead atoms. The molecule has 59 heavy (non-hydrogen) atoms. The van der Waals surface area contributed by atoms with Crippen LogP contribution in [0, 0.1) is 0 Å². The molecule has 3 heterocycles. The van der Waals surface area contributed by atoms with Crippen LogP contribution in [-0.2, 0) is 73.8 Å². The monoisotopic (exact) mass is 804 g/mol. The van der Waals surface area contributed by atoms with Crippen LogP contribution >= 0.6 is 0 Å². The second-order valence-corrected chi connectivity index (χ2v) is 14.9. The van der Waals surface area contributed by atoms with Crippen LogP contribution < -0.4 is 0 Å². The summed E-state index contributed by atoms with van der Waals surface area (Å²) in [6, 6.07) is 49.3. The molecular formula is C48H52O11. The summed E-state index contributed by atoms with van der Waals surface area (Å²) in [6.45, 7) is 1.47. The first-order chi connectivity index (χ1) is 29.1. The first kappa shape index (κ1) is 41.4. The van der Waals surface area contributed by atoms with E-state index < -0.39 is 67.7 Å². The van der Waals surface area contributed by atoms with E-state index in [1.165, 1.54) is 7.11 Å². The Balaban J connectivity index is 1.11. The van der Waals surface area contributed by atoms with Crippen molar-refractivity contribution in [2.45, 2.75) is 94.1 Å². The Labute approximate surface area is 345 Å². The average Bonchev–Trinajstić information content (AvgIpc) is 3.30. The van der Waals surface area contributed by atoms with Crippen LogP contribution in [0.1, 0.15) is 34.1 Å². The van der Waals surface area contributed by atoms with E-state index in [4.69, 9.17) is 47.4 Å². The minimum absolute atomic E-state index is 0.145. The number of benzene rings is 5. The van der Waals surface area contributed by atoms with Gasteiger partial charge < -0.3 is 52.5 Å². The van der Waals surface area contributed by atoms with Crippen molar-refractivity contribution in [2.24, 2.45) is 0 Å². The van der Waals surface area contributed by atoms with Gasteiger partial charge in [0.15, 0.2) is 18.9 Å². The molecule has 1 unspecified atom stereocenters. The molecular weight excluding hydrogens is 753 g/mol. The predicted molar refractivity (Wildman–Crippen MR) is 216 cm³/mol. The molecule has 3 aliphatic heterocycles. The van der Waals surface area contributed by atoms with E-state index in [0.29, 0.717) is 6.61 Å². The van der Waals surface area contributed by atoms with Crippen molar-refractivity contribution in [3.05, 3.63) is 179 Å². The second-order valence-electron chi connectivity index (χ2n) is 14.9. The van der Waals surface area contributed by atoms with Crippen LogP contribution in [-0.4, -0.2) is 86.8 Å². The minimum atomic E-state index is -1.20. The van der Waals surface area contributed by atoms with Gasteiger partial charge in [0, 0.05) is 12.7 Å². The lowest BCUT2D eigenvalue weighted by molar-refractivity contribution is -0.396. The van der Waals surface area contributed by atoms with Crippen LogP contribution in [0.4, 0.5) is 0 Å². The maximum absolute atomic E-state index is 12.1. The first-order valence-corrected chi connectivity index (χ1v) is 20.2. The Kier molecular flexibility index (Phi) is 14.6. The number of hydrogen-bond acceptors (Lipinski definition) is 11. The molecule has 0 amide bonds. The normalized spacial score (nSPS) is 29.4. The third kappa shape index (κ3) is 10.7. The number of hydrogen-bond donors (Lipinski definition) is 1. The van der Waals surface area contributed by atoms with E-state index in [-0.39, 0.29) is 33.0 Å². The van der Waals surface area contributed by atoms with E-state index in [2.05, 4.69) is 0 Å². The lowest BCUT2D eigenvalue weighted by Gasteiger charge is -2.50. The van der Waals surface area contributed by atoms with E-state index in [1.54, 1.807) is 0 Å². The lowest BCUT2D eigenvalue weighted by atomic mass is 9.96. The van der Waals surface area contributed by atoms with Crippen molar-refractivity contribution in [1.29, 1.82) is 0 Å². The standard InChI is InChI=1S/C48H52O11/c1-50-47-43(40(49)41-39(56-47)32-55-46(58-41)37-25-15-6-16-26-37)59-48-45(54-30-36-23-13-5-14-24-36)44(53-29-35-21-11-4-12-22-35)42(52-28-34-19-9-3-10-20-34)38(57-48)31-51-27-33-17-7-2-8-18-33/h2-26,38-49H,27-32H2,1H3/t38-,39-,40+,41-,42-,43-,44+,45+,46?,47-,48-/m1/s1. The number of fused-ring (bicyclic) bond motifs is 1. The number of methoxy groups -OCH3 is 1. The fourth-order valence-electron chi connectivity index (χ4n) is 7.69. The van der Waals surface area contributed by atoms with Crippen molar-refractivity contribution in [3.63, 3.8) is 0 Å². The SMILES string of the molecule is CO[C@@H]1O[C@@H]2COC(c3ccccc3)O[C@H]2[C@H](O)[C@H]1O[C@H]1O[C@H](COCc2ccccc2)[C@@H](OCc2ccccc2)[C@H](OCc2ccccc2)[C@@H]1OCc1ccccc1. The third-order valence-electron chi connectivity index (χ3n) is 10.7. The summed E-state index contributed by atoms with van der Waals surface area (Å²) < 4.78 is 65.2. The van der Waals surface area contributed by atoms with Crippen molar-refractivity contribution in [1.82, 2.24) is 0 Å². The Morgan fingerprint density at radius 1 is 0.525 bits per heavy atom. The van der Waals surface area contributed by atoms with Crippen molar-refractivity contribution in [3.8, 4) is 0 Å². The highest BCUT2D eigenvalue weighted by Gasteiger charge is 2.55. The van der Waals surface area contributed by atoms with Gasteiger partial charge in [0.1, 0.15) is 48.8 Å². The van der Waals surface area contributed by atoms with Crippen molar-refractivity contribution >= 4 is 0 Å².